The summed E-state index contributed by atoms with van der Waals surface area (Å²) in [6, 6.07) is 68.1. The smallest absolute Gasteiger partial charge is 0.119 e. The Kier molecular flexibility index (Phi) is 16.5. The fourth-order valence-electron chi connectivity index (χ4n) is 7.21. The minimum atomic E-state index is 0.613. The molecular formula is C58H46Br2N4O4. The molecule has 0 unspecified atom stereocenters. The van der Waals surface area contributed by atoms with E-state index in [-0.39, 0.29) is 0 Å². The standard InChI is InChI=1S/2C29H23BrN2O2/c2*1-33-28-15-11-26(12-16-28)32(27-13-17-29(34-2)18-14-27)25-9-3-21(4-10-25)19-23(20-31)22-5-7-24(30)8-6-22/h2*3-19H,1-2H3/b2*23-19+. The zero-order chi connectivity index (χ0) is 47.8. The van der Waals surface area contributed by atoms with Gasteiger partial charge in [-0.3, -0.25) is 0 Å². The highest BCUT2D eigenvalue weighted by Crippen LogP contribution is 2.38. The number of benzene rings is 8. The first-order valence-corrected chi connectivity index (χ1v) is 22.9. The number of methoxy groups -OCH3 is 4. The van der Waals surface area contributed by atoms with Crippen molar-refractivity contribution in [3.8, 4) is 35.1 Å². The van der Waals surface area contributed by atoms with E-state index in [9.17, 15) is 10.5 Å². The number of anilines is 6. The summed E-state index contributed by atoms with van der Waals surface area (Å²) in [5, 5.41) is 19.4. The molecule has 0 atom stereocenters. The van der Waals surface area contributed by atoms with Crippen molar-refractivity contribution in [2.75, 3.05) is 38.2 Å². The van der Waals surface area contributed by atoms with Crippen molar-refractivity contribution in [2.24, 2.45) is 0 Å². The van der Waals surface area contributed by atoms with Crippen molar-refractivity contribution >= 4 is 89.3 Å². The van der Waals surface area contributed by atoms with E-state index >= 15 is 0 Å². The van der Waals surface area contributed by atoms with E-state index < -0.39 is 0 Å². The number of ether oxygens (including phenoxy) is 4. The van der Waals surface area contributed by atoms with Crippen LogP contribution in [0, 0.1) is 22.7 Å². The molecule has 0 fully saturated rings. The number of hydrogen-bond donors (Lipinski definition) is 0. The number of hydrogen-bond acceptors (Lipinski definition) is 8. The van der Waals surface area contributed by atoms with Crippen LogP contribution in [0.2, 0.25) is 0 Å². The lowest BCUT2D eigenvalue weighted by Crippen LogP contribution is -2.09. The van der Waals surface area contributed by atoms with Gasteiger partial charge in [0.1, 0.15) is 23.0 Å². The maximum absolute atomic E-state index is 9.68. The Morgan fingerprint density at radius 2 is 0.574 bits per heavy atom. The van der Waals surface area contributed by atoms with E-state index in [1.54, 1.807) is 28.4 Å². The normalized spacial score (nSPS) is 10.9. The van der Waals surface area contributed by atoms with Gasteiger partial charge in [0, 0.05) is 43.1 Å². The van der Waals surface area contributed by atoms with E-state index in [1.165, 1.54) is 0 Å². The van der Waals surface area contributed by atoms with Crippen LogP contribution in [0.1, 0.15) is 22.3 Å². The highest BCUT2D eigenvalue weighted by Gasteiger charge is 2.15. The molecule has 0 aromatic heterocycles. The molecule has 8 rings (SSSR count). The van der Waals surface area contributed by atoms with Crippen LogP contribution in [-0.4, -0.2) is 28.4 Å². The third-order valence-electron chi connectivity index (χ3n) is 10.8. The second-order valence-corrected chi connectivity index (χ2v) is 16.8. The number of nitriles is 2. The van der Waals surface area contributed by atoms with Gasteiger partial charge in [0.25, 0.3) is 0 Å². The van der Waals surface area contributed by atoms with Crippen LogP contribution in [0.25, 0.3) is 23.3 Å². The van der Waals surface area contributed by atoms with Gasteiger partial charge in [-0.2, -0.15) is 10.5 Å². The molecule has 0 aliphatic rings. The Balaban J connectivity index is 0.000000201. The number of allylic oxidation sites excluding steroid dienone is 2. The molecule has 0 radical (unpaired) electrons. The highest BCUT2D eigenvalue weighted by atomic mass is 79.9. The van der Waals surface area contributed by atoms with Crippen molar-refractivity contribution in [3.63, 3.8) is 0 Å². The molecule has 0 N–H and O–H groups in total. The van der Waals surface area contributed by atoms with Gasteiger partial charge in [-0.1, -0.05) is 80.4 Å². The molecular weight excluding hydrogens is 976 g/mol. The SMILES string of the molecule is COc1ccc(N(c2ccc(/C=C(\C#N)c3ccc(Br)cc3)cc2)c2ccc(OC)cc2)cc1.COc1ccc(N(c2ccc(/C=C(\C#N)c3ccc(Br)cc3)cc2)c2ccc(OC)cc2)cc1. The second kappa shape index (κ2) is 23.4. The lowest BCUT2D eigenvalue weighted by atomic mass is 10.0. The topological polar surface area (TPSA) is 91.0 Å². The lowest BCUT2D eigenvalue weighted by Gasteiger charge is -2.26. The Morgan fingerprint density at radius 3 is 0.779 bits per heavy atom. The van der Waals surface area contributed by atoms with E-state index in [2.05, 4.69) is 78.1 Å². The minimum Gasteiger partial charge on any atom is -0.497 e. The third kappa shape index (κ3) is 12.2. The molecule has 0 amide bonds. The number of rotatable bonds is 14. The molecule has 0 heterocycles. The van der Waals surface area contributed by atoms with Gasteiger partial charge in [-0.05, 0) is 180 Å². The quantitative estimate of drug-likeness (QED) is 0.0786. The summed E-state index contributed by atoms with van der Waals surface area (Å²) in [5.41, 5.74) is 10.9. The van der Waals surface area contributed by atoms with Gasteiger partial charge in [0.2, 0.25) is 0 Å². The van der Waals surface area contributed by atoms with E-state index in [0.29, 0.717) is 11.1 Å². The van der Waals surface area contributed by atoms with E-state index in [0.717, 1.165) is 88.3 Å². The predicted molar refractivity (Wildman–Crippen MR) is 284 cm³/mol. The molecule has 0 spiro atoms. The van der Waals surface area contributed by atoms with Crippen LogP contribution >= 0.6 is 31.9 Å². The lowest BCUT2D eigenvalue weighted by molar-refractivity contribution is 0.414. The maximum Gasteiger partial charge on any atom is 0.119 e. The van der Waals surface area contributed by atoms with Crippen LogP contribution < -0.4 is 28.7 Å². The summed E-state index contributed by atoms with van der Waals surface area (Å²) < 4.78 is 23.3. The van der Waals surface area contributed by atoms with Crippen molar-refractivity contribution in [1.29, 1.82) is 10.5 Å². The Hall–Kier alpha value is -8.02. The molecule has 8 aromatic rings. The fraction of sp³-hybridized carbons (Fsp3) is 0.0690. The van der Waals surface area contributed by atoms with E-state index in [4.69, 9.17) is 18.9 Å². The molecule has 336 valence electrons. The van der Waals surface area contributed by atoms with Crippen molar-refractivity contribution in [2.45, 2.75) is 0 Å². The van der Waals surface area contributed by atoms with Gasteiger partial charge < -0.3 is 28.7 Å². The summed E-state index contributed by atoms with van der Waals surface area (Å²) >= 11 is 6.88. The largest absolute Gasteiger partial charge is 0.497 e. The monoisotopic (exact) mass is 1020 g/mol. The van der Waals surface area contributed by atoms with Crippen LogP contribution in [-0.2, 0) is 0 Å². The van der Waals surface area contributed by atoms with Gasteiger partial charge in [0.05, 0.1) is 51.7 Å². The van der Waals surface area contributed by atoms with Crippen molar-refractivity contribution in [1.82, 2.24) is 0 Å². The van der Waals surface area contributed by atoms with Crippen LogP contribution in [0.15, 0.2) is 203 Å². The highest BCUT2D eigenvalue weighted by molar-refractivity contribution is 9.10. The summed E-state index contributed by atoms with van der Waals surface area (Å²) in [4.78, 5) is 4.32. The Labute approximate surface area is 415 Å². The molecule has 8 aromatic carbocycles. The molecule has 0 aliphatic carbocycles. The average molecular weight is 1020 g/mol. The molecule has 8 nitrogen and oxygen atoms in total. The summed E-state index contributed by atoms with van der Waals surface area (Å²) in [7, 11) is 6.64. The molecule has 0 saturated carbocycles. The van der Waals surface area contributed by atoms with Crippen LogP contribution in [0.5, 0.6) is 23.0 Å². The zero-order valence-electron chi connectivity index (χ0n) is 37.8. The zero-order valence-corrected chi connectivity index (χ0v) is 41.0. The van der Waals surface area contributed by atoms with Gasteiger partial charge >= 0.3 is 0 Å². The number of halogens is 2. The molecule has 10 heteroatoms. The van der Waals surface area contributed by atoms with Gasteiger partial charge in [0.15, 0.2) is 0 Å². The average Bonchev–Trinajstić information content (AvgIpc) is 3.40. The molecule has 0 aliphatic heterocycles. The number of nitrogens with zero attached hydrogens (tertiary/aromatic N) is 4. The minimum absolute atomic E-state index is 0.613. The molecule has 68 heavy (non-hydrogen) atoms. The van der Waals surface area contributed by atoms with Gasteiger partial charge in [-0.15, -0.1) is 0 Å². The maximum atomic E-state index is 9.68. The van der Waals surface area contributed by atoms with Gasteiger partial charge in [-0.25, -0.2) is 0 Å². The molecule has 0 bridgehead atoms. The first-order chi connectivity index (χ1) is 33.2. The van der Waals surface area contributed by atoms with E-state index in [1.807, 2.05) is 182 Å². The first-order valence-electron chi connectivity index (χ1n) is 21.3. The Bertz CT molecular complexity index is 2730. The summed E-state index contributed by atoms with van der Waals surface area (Å²) in [6.07, 6.45) is 3.80. The second-order valence-electron chi connectivity index (χ2n) is 15.0. The van der Waals surface area contributed by atoms with Crippen LogP contribution in [0.3, 0.4) is 0 Å². The molecule has 0 saturated heterocycles. The fourth-order valence-corrected chi connectivity index (χ4v) is 7.74. The Morgan fingerprint density at radius 1 is 0.353 bits per heavy atom. The van der Waals surface area contributed by atoms with Crippen molar-refractivity contribution in [3.05, 3.63) is 225 Å². The predicted octanol–water partition coefficient (Wildman–Crippen LogP) is 16.0. The van der Waals surface area contributed by atoms with Crippen molar-refractivity contribution < 1.29 is 18.9 Å². The van der Waals surface area contributed by atoms with Crippen LogP contribution in [0.4, 0.5) is 34.1 Å². The third-order valence-corrected chi connectivity index (χ3v) is 11.9. The first kappa shape index (κ1) is 47.9. The summed E-state index contributed by atoms with van der Waals surface area (Å²) in [5.74, 6) is 3.21. The summed E-state index contributed by atoms with van der Waals surface area (Å²) in [6.45, 7) is 0.